The molecule has 1 spiro atoms. The Kier molecular flexibility index (Phi) is 7.16. The van der Waals surface area contributed by atoms with Crippen LogP contribution in [-0.2, 0) is 37.1 Å². The van der Waals surface area contributed by atoms with Gasteiger partial charge in [-0.05, 0) is 86.9 Å². The van der Waals surface area contributed by atoms with Gasteiger partial charge in [-0.1, -0.05) is 12.0 Å². The molecule has 1 saturated heterocycles. The summed E-state index contributed by atoms with van der Waals surface area (Å²) in [6, 6.07) is 7.51. The molecule has 46 heavy (non-hydrogen) atoms. The van der Waals surface area contributed by atoms with E-state index in [1.165, 1.54) is 43.7 Å². The third kappa shape index (κ3) is 4.75. The minimum absolute atomic E-state index is 0.0868. The lowest BCUT2D eigenvalue weighted by molar-refractivity contribution is -0.223. The molecule has 7 rings (SSSR count). The van der Waals surface area contributed by atoms with Crippen molar-refractivity contribution in [1.82, 2.24) is 9.80 Å². The second-order valence-corrected chi connectivity index (χ2v) is 13.3. The zero-order valence-corrected chi connectivity index (χ0v) is 25.9. The maximum Gasteiger partial charge on any atom is 0.416 e. The number of carbonyl (C=O) groups is 3. The smallest absolute Gasteiger partial charge is 0.416 e. The molecule has 2 aromatic carbocycles. The summed E-state index contributed by atoms with van der Waals surface area (Å²) < 4.78 is 57.9. The van der Waals surface area contributed by atoms with Gasteiger partial charge in [-0.25, -0.2) is 0 Å². The number of rotatable bonds is 5. The quantitative estimate of drug-likeness (QED) is 0.269. The summed E-state index contributed by atoms with van der Waals surface area (Å²) in [6.07, 6.45) is -0.493. The molecule has 2 aliphatic heterocycles. The number of hydrogen-bond acceptors (Lipinski definition) is 7. The van der Waals surface area contributed by atoms with E-state index in [2.05, 4.69) is 16.7 Å². The van der Waals surface area contributed by atoms with Crippen LogP contribution in [0, 0.1) is 17.8 Å². The van der Waals surface area contributed by atoms with E-state index in [4.69, 9.17) is 14.2 Å². The van der Waals surface area contributed by atoms with Crippen molar-refractivity contribution in [2.45, 2.75) is 87.8 Å². The number of amides is 1. The highest BCUT2D eigenvalue weighted by molar-refractivity contribution is 5.94. The Balaban J connectivity index is 1.28. The third-order valence-electron chi connectivity index (χ3n) is 10.6. The van der Waals surface area contributed by atoms with E-state index in [-0.39, 0.29) is 17.6 Å². The number of ether oxygens (including phenoxy) is 3. The van der Waals surface area contributed by atoms with Gasteiger partial charge in [-0.3, -0.25) is 19.3 Å². The topological polar surface area (TPSA) is 85.4 Å². The summed E-state index contributed by atoms with van der Waals surface area (Å²) in [6.45, 7) is 4.46. The molecule has 0 radical (unpaired) electrons. The van der Waals surface area contributed by atoms with Crippen molar-refractivity contribution in [3.05, 3.63) is 58.7 Å². The number of nitrogens with zero attached hydrogens (tertiary/aromatic N) is 2. The van der Waals surface area contributed by atoms with Crippen molar-refractivity contribution in [3.8, 4) is 23.3 Å². The molecule has 5 aliphatic rings. The van der Waals surface area contributed by atoms with Crippen LogP contribution < -0.4 is 9.47 Å². The average molecular weight is 637 g/mol. The van der Waals surface area contributed by atoms with Crippen molar-refractivity contribution < 1.29 is 41.8 Å². The van der Waals surface area contributed by atoms with Crippen LogP contribution >= 0.6 is 0 Å². The highest BCUT2D eigenvalue weighted by Gasteiger charge is 2.75. The molecule has 11 heteroatoms. The van der Waals surface area contributed by atoms with Gasteiger partial charge in [0.05, 0.1) is 23.1 Å². The Hall–Kier alpha value is -4.04. The van der Waals surface area contributed by atoms with Crippen molar-refractivity contribution in [2.75, 3.05) is 20.1 Å². The lowest BCUT2D eigenvalue weighted by Gasteiger charge is -2.65. The molecule has 2 bridgehead atoms. The molecule has 0 aromatic heterocycles. The van der Waals surface area contributed by atoms with Gasteiger partial charge in [0.25, 0.3) is 5.91 Å². The van der Waals surface area contributed by atoms with Crippen molar-refractivity contribution in [3.63, 3.8) is 0 Å². The van der Waals surface area contributed by atoms with Gasteiger partial charge in [0.15, 0.2) is 11.5 Å². The van der Waals surface area contributed by atoms with Crippen LogP contribution in [0.4, 0.5) is 13.2 Å². The summed E-state index contributed by atoms with van der Waals surface area (Å²) in [5, 5.41) is 0. The molecule has 2 heterocycles. The monoisotopic (exact) mass is 636 g/mol. The van der Waals surface area contributed by atoms with E-state index in [0.29, 0.717) is 43.1 Å². The van der Waals surface area contributed by atoms with Crippen molar-refractivity contribution >= 4 is 17.8 Å². The number of esters is 2. The van der Waals surface area contributed by atoms with Crippen LogP contribution in [-0.4, -0.2) is 71.6 Å². The molecular weight excluding hydrogens is 601 g/mol. The lowest BCUT2D eigenvalue weighted by atomic mass is 9.48. The lowest BCUT2D eigenvalue weighted by Crippen LogP contribution is -2.79. The average Bonchev–Trinajstić information content (AvgIpc) is 3.74. The molecule has 3 fully saturated rings. The molecule has 8 nitrogen and oxygen atoms in total. The number of likely N-dealkylation sites (tertiary alicyclic amines) is 1. The van der Waals surface area contributed by atoms with Gasteiger partial charge in [0.1, 0.15) is 11.7 Å². The van der Waals surface area contributed by atoms with E-state index >= 15 is 0 Å². The molecule has 2 aromatic rings. The number of piperidine rings is 1. The van der Waals surface area contributed by atoms with Crippen molar-refractivity contribution in [1.29, 1.82) is 0 Å². The summed E-state index contributed by atoms with van der Waals surface area (Å²) >= 11 is 0. The van der Waals surface area contributed by atoms with Gasteiger partial charge in [-0.15, -0.1) is 0 Å². The fourth-order valence-corrected chi connectivity index (χ4v) is 8.62. The van der Waals surface area contributed by atoms with E-state index < -0.39 is 46.8 Å². The normalized spacial score (nSPS) is 29.0. The molecule has 3 aliphatic carbocycles. The van der Waals surface area contributed by atoms with Gasteiger partial charge in [-0.2, -0.15) is 13.2 Å². The number of alkyl halides is 3. The van der Waals surface area contributed by atoms with Crippen LogP contribution in [0.5, 0.6) is 11.5 Å². The fourth-order valence-electron chi connectivity index (χ4n) is 8.62. The Morgan fingerprint density at radius 3 is 2.43 bits per heavy atom. The SMILES string of the molecule is CC(=O)Oc1ccc2c3c1O[C@H]1[C@@H](N(C)C(=O)C#Cc4ccc(C(F)(F)F)cc4)CC[C@@]4(OC(C)=O)[C@@H](C2)N(CC2CC2)CC[C@]314. The number of likely N-dealkylation sites (N-methyl/N-ethyl adjacent to an activating group) is 1. The van der Waals surface area contributed by atoms with Crippen molar-refractivity contribution in [2.24, 2.45) is 5.92 Å². The Labute approximate surface area is 265 Å². The van der Waals surface area contributed by atoms with E-state index in [1.807, 2.05) is 6.07 Å². The number of benzene rings is 2. The van der Waals surface area contributed by atoms with Crippen LogP contribution in [0.2, 0.25) is 0 Å². The predicted molar refractivity (Wildman–Crippen MR) is 159 cm³/mol. The van der Waals surface area contributed by atoms with Gasteiger partial charge < -0.3 is 19.1 Å². The molecule has 0 unspecified atom stereocenters. The standard InChI is InChI=1S/C35H35F3N2O6/c1-20(41)44-27-12-9-24-18-28-34(46-21(2)42)15-14-26(39(3)29(43)13-8-22-6-10-25(11-7-22)35(36,37)38)32-33(34,30(24)31(27)45-32)16-17-40(28)19-23-4-5-23/h6-7,9-12,23,26,28,32H,4-5,14-19H2,1-3H3/t26-,28+,32-,33-,34+/m0/s1. The fraction of sp³-hybridized carbons (Fsp3) is 0.514. The maximum atomic E-state index is 13.5. The maximum absolute atomic E-state index is 13.5. The van der Waals surface area contributed by atoms with E-state index in [0.717, 1.165) is 36.3 Å². The predicted octanol–water partition coefficient (Wildman–Crippen LogP) is 4.64. The first-order valence-corrected chi connectivity index (χ1v) is 15.7. The minimum Gasteiger partial charge on any atom is -0.483 e. The molecule has 242 valence electrons. The van der Waals surface area contributed by atoms with Crippen LogP contribution in [0.15, 0.2) is 36.4 Å². The number of halogens is 3. The molecule has 5 atom stereocenters. The van der Waals surface area contributed by atoms with Gasteiger partial charge in [0.2, 0.25) is 0 Å². The van der Waals surface area contributed by atoms with Crippen LogP contribution in [0.25, 0.3) is 0 Å². The zero-order valence-electron chi connectivity index (χ0n) is 25.9. The first kappa shape index (κ1) is 30.6. The third-order valence-corrected chi connectivity index (χ3v) is 10.6. The number of carbonyl (C=O) groups excluding carboxylic acids is 3. The Morgan fingerprint density at radius 2 is 1.78 bits per heavy atom. The molecule has 1 amide bonds. The Morgan fingerprint density at radius 1 is 1.04 bits per heavy atom. The highest BCUT2D eigenvalue weighted by atomic mass is 19.4. The summed E-state index contributed by atoms with van der Waals surface area (Å²) in [5.41, 5.74) is -0.293. The van der Waals surface area contributed by atoms with Gasteiger partial charge in [0, 0.05) is 44.5 Å². The van der Waals surface area contributed by atoms with E-state index in [9.17, 15) is 27.6 Å². The Bertz CT molecular complexity index is 1680. The number of hydrogen-bond donors (Lipinski definition) is 0. The molecular formula is C35H35F3N2O6. The van der Waals surface area contributed by atoms with Crippen LogP contribution in [0.1, 0.15) is 68.2 Å². The molecule has 2 saturated carbocycles. The first-order valence-electron chi connectivity index (χ1n) is 15.7. The second kappa shape index (κ2) is 10.8. The summed E-state index contributed by atoms with van der Waals surface area (Å²) in [7, 11) is 1.65. The minimum atomic E-state index is -4.47. The van der Waals surface area contributed by atoms with Gasteiger partial charge >= 0.3 is 18.1 Å². The summed E-state index contributed by atoms with van der Waals surface area (Å²) in [4.78, 5) is 42.6. The molecule has 0 N–H and O–H groups in total. The first-order chi connectivity index (χ1) is 21.8. The zero-order chi connectivity index (χ0) is 32.6. The summed E-state index contributed by atoms with van der Waals surface area (Å²) in [5.74, 6) is 5.29. The second-order valence-electron chi connectivity index (χ2n) is 13.3. The largest absolute Gasteiger partial charge is 0.483 e. The van der Waals surface area contributed by atoms with Crippen LogP contribution in [0.3, 0.4) is 0 Å². The van der Waals surface area contributed by atoms with E-state index in [1.54, 1.807) is 13.1 Å². The highest BCUT2D eigenvalue weighted by Crippen LogP contribution is 2.67.